The molecule has 0 saturated carbocycles. The van der Waals surface area contributed by atoms with Crippen LogP contribution in [-0.4, -0.2) is 29.1 Å². The number of nitrogens with zero attached hydrogens (tertiary/aromatic N) is 1. The van der Waals surface area contributed by atoms with Crippen LogP contribution in [-0.2, 0) is 9.59 Å². The van der Waals surface area contributed by atoms with Gasteiger partial charge in [-0.15, -0.1) is 11.6 Å². The summed E-state index contributed by atoms with van der Waals surface area (Å²) in [6.07, 6.45) is 1.37. The molecule has 0 spiro atoms. The minimum absolute atomic E-state index is 0.256. The van der Waals surface area contributed by atoms with Crippen LogP contribution in [0.3, 0.4) is 0 Å². The zero-order valence-corrected chi connectivity index (χ0v) is 9.28. The maximum Gasteiger partial charge on any atom is 0.261 e. The number of amides is 2. The van der Waals surface area contributed by atoms with Crippen LogP contribution in [0.25, 0.3) is 5.57 Å². The quantitative estimate of drug-likeness (QED) is 0.591. The lowest BCUT2D eigenvalue weighted by molar-refractivity contribution is -0.136. The highest BCUT2D eigenvalue weighted by Gasteiger charge is 2.30. The number of carbonyl (C=O) groups is 2. The van der Waals surface area contributed by atoms with E-state index in [4.69, 9.17) is 11.6 Å². The van der Waals surface area contributed by atoms with Crippen molar-refractivity contribution >= 4 is 29.0 Å². The van der Waals surface area contributed by atoms with E-state index in [0.717, 1.165) is 10.5 Å². The molecule has 0 radical (unpaired) electrons. The normalized spacial score (nSPS) is 15.6. The van der Waals surface area contributed by atoms with Gasteiger partial charge in [0.1, 0.15) is 0 Å². The van der Waals surface area contributed by atoms with E-state index in [1.54, 1.807) is 12.1 Å². The van der Waals surface area contributed by atoms with Gasteiger partial charge in [-0.2, -0.15) is 0 Å². The molecule has 4 heteroatoms. The van der Waals surface area contributed by atoms with E-state index in [9.17, 15) is 9.59 Å². The average molecular weight is 236 g/mol. The molecule has 3 nitrogen and oxygen atoms in total. The third-order valence-electron chi connectivity index (χ3n) is 2.40. The lowest BCUT2D eigenvalue weighted by atomic mass is 10.1. The summed E-state index contributed by atoms with van der Waals surface area (Å²) in [4.78, 5) is 24.6. The van der Waals surface area contributed by atoms with E-state index in [2.05, 4.69) is 0 Å². The number of carbonyl (C=O) groups excluding carboxylic acids is 2. The molecule has 1 aliphatic rings. The largest absolute Gasteiger partial charge is 0.274 e. The molecule has 1 heterocycles. The number of benzene rings is 1. The first-order chi connectivity index (χ1) is 7.74. The van der Waals surface area contributed by atoms with E-state index in [1.165, 1.54) is 6.08 Å². The molecule has 1 aromatic carbocycles. The molecule has 16 heavy (non-hydrogen) atoms. The van der Waals surface area contributed by atoms with Crippen LogP contribution in [0.1, 0.15) is 5.56 Å². The van der Waals surface area contributed by atoms with E-state index < -0.39 is 0 Å². The molecule has 82 valence electrons. The summed E-state index contributed by atoms with van der Waals surface area (Å²) in [5.41, 5.74) is 1.20. The number of hydrogen-bond donors (Lipinski definition) is 0. The molecule has 2 amide bonds. The second kappa shape index (κ2) is 4.49. The summed E-state index contributed by atoms with van der Waals surface area (Å²) in [5.74, 6) is -0.297. The Bertz CT molecular complexity index is 453. The Morgan fingerprint density at radius 1 is 1.12 bits per heavy atom. The molecule has 1 aliphatic heterocycles. The standard InChI is InChI=1S/C12H10ClNO2/c13-6-7-14-11(15)8-10(12(14)16)9-4-2-1-3-5-9/h1-5,8H,6-7H2. The Kier molecular flexibility index (Phi) is 3.06. The van der Waals surface area contributed by atoms with Gasteiger partial charge in [0.2, 0.25) is 0 Å². The van der Waals surface area contributed by atoms with Gasteiger partial charge >= 0.3 is 0 Å². The summed E-state index contributed by atoms with van der Waals surface area (Å²) < 4.78 is 0. The molecule has 0 unspecified atom stereocenters. The fourth-order valence-corrected chi connectivity index (χ4v) is 1.80. The smallest absolute Gasteiger partial charge is 0.261 e. The Balaban J connectivity index is 2.29. The maximum absolute atomic E-state index is 11.9. The van der Waals surface area contributed by atoms with Crippen LogP contribution in [0, 0.1) is 0 Å². The molecule has 0 atom stereocenters. The molecule has 0 bridgehead atoms. The van der Waals surface area contributed by atoms with Crippen molar-refractivity contribution in [2.45, 2.75) is 0 Å². The molecule has 0 aromatic heterocycles. The zero-order valence-electron chi connectivity index (χ0n) is 8.52. The first kappa shape index (κ1) is 10.9. The van der Waals surface area contributed by atoms with E-state index >= 15 is 0 Å². The highest BCUT2D eigenvalue weighted by molar-refractivity contribution is 6.33. The minimum atomic E-state index is -0.287. The van der Waals surface area contributed by atoms with Crippen LogP contribution >= 0.6 is 11.6 Å². The zero-order chi connectivity index (χ0) is 11.5. The number of hydrogen-bond acceptors (Lipinski definition) is 2. The van der Waals surface area contributed by atoms with Crippen molar-refractivity contribution in [1.82, 2.24) is 4.90 Å². The van der Waals surface area contributed by atoms with E-state index in [0.29, 0.717) is 5.57 Å². The number of halogens is 1. The highest BCUT2D eigenvalue weighted by atomic mass is 35.5. The van der Waals surface area contributed by atoms with Crippen LogP contribution in [0.15, 0.2) is 36.4 Å². The van der Waals surface area contributed by atoms with E-state index in [1.807, 2.05) is 18.2 Å². The Morgan fingerprint density at radius 3 is 2.44 bits per heavy atom. The number of rotatable bonds is 3. The molecule has 0 saturated heterocycles. The van der Waals surface area contributed by atoms with Crippen molar-refractivity contribution in [1.29, 1.82) is 0 Å². The highest BCUT2D eigenvalue weighted by Crippen LogP contribution is 2.22. The fourth-order valence-electron chi connectivity index (χ4n) is 1.63. The molecule has 1 aromatic rings. The average Bonchev–Trinajstić information content (AvgIpc) is 2.59. The fraction of sp³-hybridized carbons (Fsp3) is 0.167. The van der Waals surface area contributed by atoms with Gasteiger partial charge in [0.05, 0.1) is 5.57 Å². The third-order valence-corrected chi connectivity index (χ3v) is 2.57. The Labute approximate surface area is 98.3 Å². The predicted octanol–water partition coefficient (Wildman–Crippen LogP) is 1.68. The van der Waals surface area contributed by atoms with Gasteiger partial charge in [0, 0.05) is 18.5 Å². The molecule has 0 N–H and O–H groups in total. The van der Waals surface area contributed by atoms with Crippen LogP contribution in [0.4, 0.5) is 0 Å². The Morgan fingerprint density at radius 2 is 1.81 bits per heavy atom. The molecular formula is C12H10ClNO2. The van der Waals surface area contributed by atoms with Crippen molar-refractivity contribution in [3.05, 3.63) is 42.0 Å². The second-order valence-electron chi connectivity index (χ2n) is 3.41. The summed E-state index contributed by atoms with van der Waals surface area (Å²) >= 11 is 5.54. The van der Waals surface area contributed by atoms with Crippen molar-refractivity contribution < 1.29 is 9.59 Å². The van der Waals surface area contributed by atoms with Gasteiger partial charge in [-0.3, -0.25) is 14.5 Å². The predicted molar refractivity (Wildman–Crippen MR) is 61.9 cm³/mol. The first-order valence-electron chi connectivity index (χ1n) is 4.93. The van der Waals surface area contributed by atoms with Gasteiger partial charge in [-0.1, -0.05) is 30.3 Å². The van der Waals surface area contributed by atoms with Gasteiger partial charge in [0.15, 0.2) is 0 Å². The van der Waals surface area contributed by atoms with Crippen molar-refractivity contribution in [2.75, 3.05) is 12.4 Å². The number of imide groups is 1. The maximum atomic E-state index is 11.9. The lowest BCUT2D eigenvalue weighted by Gasteiger charge is -2.12. The Hall–Kier alpha value is -1.61. The minimum Gasteiger partial charge on any atom is -0.274 e. The van der Waals surface area contributed by atoms with Crippen LogP contribution < -0.4 is 0 Å². The third kappa shape index (κ3) is 1.86. The van der Waals surface area contributed by atoms with Gasteiger partial charge < -0.3 is 0 Å². The first-order valence-corrected chi connectivity index (χ1v) is 5.46. The van der Waals surface area contributed by atoms with Crippen molar-refractivity contribution in [3.8, 4) is 0 Å². The topological polar surface area (TPSA) is 37.4 Å². The molecule has 2 rings (SSSR count). The van der Waals surface area contributed by atoms with E-state index in [-0.39, 0.29) is 24.2 Å². The number of alkyl halides is 1. The van der Waals surface area contributed by atoms with Gasteiger partial charge in [-0.25, -0.2) is 0 Å². The van der Waals surface area contributed by atoms with Crippen LogP contribution in [0.2, 0.25) is 0 Å². The lowest BCUT2D eigenvalue weighted by Crippen LogP contribution is -2.32. The van der Waals surface area contributed by atoms with Crippen molar-refractivity contribution in [2.24, 2.45) is 0 Å². The summed E-state index contributed by atoms with van der Waals surface area (Å²) in [6, 6.07) is 9.14. The second-order valence-corrected chi connectivity index (χ2v) is 3.79. The van der Waals surface area contributed by atoms with Crippen molar-refractivity contribution in [3.63, 3.8) is 0 Å². The molecule has 0 aliphatic carbocycles. The summed E-state index contributed by atoms with van der Waals surface area (Å²) in [7, 11) is 0. The van der Waals surface area contributed by atoms with Gasteiger partial charge in [0.25, 0.3) is 11.8 Å². The monoisotopic (exact) mass is 235 g/mol. The summed E-state index contributed by atoms with van der Waals surface area (Å²) in [5, 5.41) is 0. The summed E-state index contributed by atoms with van der Waals surface area (Å²) in [6.45, 7) is 0.256. The van der Waals surface area contributed by atoms with Gasteiger partial charge in [-0.05, 0) is 5.56 Å². The SMILES string of the molecule is O=C1C=C(c2ccccc2)C(=O)N1CCCl. The molecule has 0 fully saturated rings. The van der Waals surface area contributed by atoms with Crippen LogP contribution in [0.5, 0.6) is 0 Å². The molecular weight excluding hydrogens is 226 g/mol.